The summed E-state index contributed by atoms with van der Waals surface area (Å²) in [5.41, 5.74) is -0.0443. The second-order valence-electron chi connectivity index (χ2n) is 8.24. The number of benzene rings is 2. The lowest BCUT2D eigenvalue weighted by atomic mass is 9.93. The molecule has 1 atom stereocenters. The summed E-state index contributed by atoms with van der Waals surface area (Å²) in [5, 5.41) is 7.48. The van der Waals surface area contributed by atoms with Gasteiger partial charge in [0, 0.05) is 36.0 Å². The number of alkyl halides is 3. The Morgan fingerprint density at radius 1 is 1.11 bits per heavy atom. The van der Waals surface area contributed by atoms with Gasteiger partial charge in [-0.3, -0.25) is 9.36 Å². The monoisotopic (exact) mass is 592 g/mol. The molecule has 0 fully saturated rings. The van der Waals surface area contributed by atoms with Gasteiger partial charge in [-0.15, -0.1) is 5.10 Å². The highest BCUT2D eigenvalue weighted by molar-refractivity contribution is 6.42. The predicted octanol–water partition coefficient (Wildman–Crippen LogP) is 5.72. The number of ketones is 1. The number of ether oxygens (including phenoxy) is 1. The maximum absolute atomic E-state index is 13.1. The van der Waals surface area contributed by atoms with Gasteiger partial charge < -0.3 is 10.1 Å². The Kier molecular flexibility index (Phi) is 9.86. The minimum absolute atomic E-state index is 0.0366. The van der Waals surface area contributed by atoms with Gasteiger partial charge in [-0.05, 0) is 35.9 Å². The molecule has 0 saturated heterocycles. The maximum atomic E-state index is 13.1. The van der Waals surface area contributed by atoms with Crippen molar-refractivity contribution in [3.05, 3.63) is 73.6 Å². The molecule has 3 rings (SSSR count). The van der Waals surface area contributed by atoms with Gasteiger partial charge in [0.1, 0.15) is 6.54 Å². The SMILES string of the molecule is COC(=O)NCC(CC(=O)Cn1nc(-c2ccc(Cl)cc2)n(CCC(F)(F)F)c1=O)c1cccc(Cl)c1Cl. The van der Waals surface area contributed by atoms with E-state index in [2.05, 4.69) is 15.2 Å². The molecule has 0 saturated carbocycles. The van der Waals surface area contributed by atoms with Crippen LogP contribution in [0.4, 0.5) is 18.0 Å². The molecule has 1 unspecified atom stereocenters. The molecule has 0 bridgehead atoms. The molecule has 0 spiro atoms. The van der Waals surface area contributed by atoms with E-state index in [1.807, 2.05) is 0 Å². The molecule has 2 aromatic carbocycles. The molecule has 38 heavy (non-hydrogen) atoms. The lowest BCUT2D eigenvalue weighted by Crippen LogP contribution is -2.32. The van der Waals surface area contributed by atoms with Gasteiger partial charge in [0.25, 0.3) is 0 Å². The van der Waals surface area contributed by atoms with Crippen LogP contribution in [0.15, 0.2) is 47.3 Å². The fourth-order valence-electron chi connectivity index (χ4n) is 3.71. The van der Waals surface area contributed by atoms with E-state index in [0.717, 1.165) is 9.25 Å². The second kappa shape index (κ2) is 12.7. The maximum Gasteiger partial charge on any atom is 0.406 e. The van der Waals surface area contributed by atoms with Crippen LogP contribution in [0.25, 0.3) is 11.4 Å². The molecular weight excluding hydrogens is 572 g/mol. The lowest BCUT2D eigenvalue weighted by Gasteiger charge is -2.19. The Morgan fingerprint density at radius 3 is 2.42 bits per heavy atom. The Labute approximate surface area is 230 Å². The Morgan fingerprint density at radius 2 is 1.79 bits per heavy atom. The number of alkyl carbamates (subject to hydrolysis) is 1. The summed E-state index contributed by atoms with van der Waals surface area (Å²) in [6.07, 6.45) is -6.69. The molecule has 0 aliphatic carbocycles. The number of nitrogens with one attached hydrogen (secondary N) is 1. The zero-order valence-corrected chi connectivity index (χ0v) is 22.2. The number of nitrogens with zero attached hydrogens (tertiary/aromatic N) is 3. The van der Waals surface area contributed by atoms with Crippen LogP contribution < -0.4 is 11.0 Å². The third-order valence-corrected chi connectivity index (χ3v) is 6.63. The molecule has 1 heterocycles. The number of aromatic nitrogens is 3. The summed E-state index contributed by atoms with van der Waals surface area (Å²) in [6.45, 7) is -1.24. The second-order valence-corrected chi connectivity index (χ2v) is 9.46. The van der Waals surface area contributed by atoms with E-state index in [4.69, 9.17) is 34.8 Å². The molecule has 14 heteroatoms. The summed E-state index contributed by atoms with van der Waals surface area (Å²) in [4.78, 5) is 37.7. The van der Waals surface area contributed by atoms with E-state index >= 15 is 0 Å². The van der Waals surface area contributed by atoms with E-state index in [-0.39, 0.29) is 28.8 Å². The fourth-order valence-corrected chi connectivity index (χ4v) is 4.30. The number of Topliss-reactive ketones (excluding diaryl/α,β-unsaturated/α-hetero) is 1. The fraction of sp³-hybridized carbons (Fsp3) is 0.333. The van der Waals surface area contributed by atoms with Crippen LogP contribution in [0.5, 0.6) is 0 Å². The average molecular weight is 594 g/mol. The van der Waals surface area contributed by atoms with E-state index in [0.29, 0.717) is 16.1 Å². The van der Waals surface area contributed by atoms with E-state index in [9.17, 15) is 27.6 Å². The smallest absolute Gasteiger partial charge is 0.406 e. The molecule has 1 N–H and O–H groups in total. The first-order valence-corrected chi connectivity index (χ1v) is 12.3. The summed E-state index contributed by atoms with van der Waals surface area (Å²) in [6, 6.07) is 10.9. The van der Waals surface area contributed by atoms with Crippen molar-refractivity contribution in [1.82, 2.24) is 19.7 Å². The van der Waals surface area contributed by atoms with Crippen LogP contribution in [-0.2, 0) is 22.6 Å². The van der Waals surface area contributed by atoms with E-state index in [1.54, 1.807) is 18.2 Å². The molecule has 1 aromatic heterocycles. The van der Waals surface area contributed by atoms with Crippen molar-refractivity contribution in [3.8, 4) is 11.4 Å². The van der Waals surface area contributed by atoms with E-state index in [1.165, 1.54) is 31.4 Å². The number of hydrogen-bond acceptors (Lipinski definition) is 5. The lowest BCUT2D eigenvalue weighted by molar-refractivity contribution is -0.136. The molecule has 0 radical (unpaired) electrons. The van der Waals surface area contributed by atoms with Crippen molar-refractivity contribution in [2.45, 2.75) is 38.0 Å². The van der Waals surface area contributed by atoms with Gasteiger partial charge in [0.05, 0.1) is 23.6 Å². The number of carbonyl (C=O) groups is 2. The molecule has 1 amide bonds. The third-order valence-electron chi connectivity index (χ3n) is 5.54. The summed E-state index contributed by atoms with van der Waals surface area (Å²) in [7, 11) is 1.18. The van der Waals surface area contributed by atoms with Gasteiger partial charge in [-0.25, -0.2) is 14.3 Å². The van der Waals surface area contributed by atoms with Crippen LogP contribution in [0, 0.1) is 0 Å². The quantitative estimate of drug-likeness (QED) is 0.324. The van der Waals surface area contributed by atoms with Crippen LogP contribution >= 0.6 is 34.8 Å². The third kappa shape index (κ3) is 7.75. The van der Waals surface area contributed by atoms with Crippen molar-refractivity contribution >= 4 is 46.7 Å². The minimum Gasteiger partial charge on any atom is -0.453 e. The van der Waals surface area contributed by atoms with Crippen molar-refractivity contribution < 1.29 is 27.5 Å². The normalized spacial score (nSPS) is 12.3. The number of hydrogen-bond donors (Lipinski definition) is 1. The molecule has 0 aliphatic rings. The molecule has 3 aromatic rings. The van der Waals surface area contributed by atoms with Gasteiger partial charge in [-0.1, -0.05) is 46.9 Å². The number of rotatable bonds is 10. The van der Waals surface area contributed by atoms with Crippen molar-refractivity contribution in [2.24, 2.45) is 0 Å². The number of carbonyl (C=O) groups excluding carboxylic acids is 2. The topological polar surface area (TPSA) is 95.2 Å². The summed E-state index contributed by atoms with van der Waals surface area (Å²) < 4.78 is 45.0. The molecule has 0 aliphatic heterocycles. The Bertz CT molecular complexity index is 1360. The standard InChI is InChI=1S/C24H22Cl3F3N4O4/c1-38-22(36)31-12-15(18-3-2-4-19(26)20(18)27)11-17(35)13-34-23(37)33(10-9-24(28,29)30)21(32-34)14-5-7-16(25)8-6-14/h2-8,15H,9-13H2,1H3,(H,31,36). The van der Waals surface area contributed by atoms with Gasteiger partial charge in [0.15, 0.2) is 11.6 Å². The predicted molar refractivity (Wildman–Crippen MR) is 137 cm³/mol. The first-order valence-electron chi connectivity index (χ1n) is 11.2. The number of methoxy groups -OCH3 is 1. The summed E-state index contributed by atoms with van der Waals surface area (Å²) >= 11 is 18.3. The minimum atomic E-state index is -4.51. The zero-order chi connectivity index (χ0) is 28.0. The van der Waals surface area contributed by atoms with E-state index < -0.39 is 49.2 Å². The van der Waals surface area contributed by atoms with Crippen molar-refractivity contribution in [2.75, 3.05) is 13.7 Å². The average Bonchev–Trinajstić information content (AvgIpc) is 3.16. The van der Waals surface area contributed by atoms with Crippen molar-refractivity contribution in [3.63, 3.8) is 0 Å². The first kappa shape index (κ1) is 29.5. The van der Waals surface area contributed by atoms with Crippen LogP contribution in [0.1, 0.15) is 24.3 Å². The first-order chi connectivity index (χ1) is 17.9. The Balaban J connectivity index is 1.90. The number of amides is 1. The summed E-state index contributed by atoms with van der Waals surface area (Å²) in [5.74, 6) is -1.17. The van der Waals surface area contributed by atoms with Gasteiger partial charge >= 0.3 is 18.0 Å². The molecular formula is C24H22Cl3F3N4O4. The zero-order valence-electron chi connectivity index (χ0n) is 19.9. The highest BCUT2D eigenvalue weighted by Gasteiger charge is 2.29. The van der Waals surface area contributed by atoms with Crippen LogP contribution in [0.2, 0.25) is 15.1 Å². The van der Waals surface area contributed by atoms with Gasteiger partial charge in [0.2, 0.25) is 0 Å². The number of halogens is 6. The molecule has 8 nitrogen and oxygen atoms in total. The van der Waals surface area contributed by atoms with Crippen molar-refractivity contribution in [1.29, 1.82) is 0 Å². The molecule has 204 valence electrons. The highest BCUT2D eigenvalue weighted by atomic mass is 35.5. The Hall–Kier alpha value is -3.02. The highest BCUT2D eigenvalue weighted by Crippen LogP contribution is 2.32. The van der Waals surface area contributed by atoms with Crippen LogP contribution in [0.3, 0.4) is 0 Å². The van der Waals surface area contributed by atoms with Gasteiger partial charge in [-0.2, -0.15) is 13.2 Å². The largest absolute Gasteiger partial charge is 0.453 e. The van der Waals surface area contributed by atoms with Crippen LogP contribution in [-0.4, -0.2) is 46.1 Å².